The maximum Gasteiger partial charge on any atom is 0.265 e. The second-order valence-electron chi connectivity index (χ2n) is 8.56. The number of sulfonamides is 1. The molecular weight excluding hydrogens is 442 g/mol. The summed E-state index contributed by atoms with van der Waals surface area (Å²) in [6.45, 7) is 7.83. The van der Waals surface area contributed by atoms with Crippen molar-refractivity contribution in [1.82, 2.24) is 4.31 Å². The van der Waals surface area contributed by atoms with Gasteiger partial charge in [0.2, 0.25) is 15.9 Å². The van der Waals surface area contributed by atoms with Gasteiger partial charge in [0.25, 0.3) is 5.91 Å². The summed E-state index contributed by atoms with van der Waals surface area (Å²) in [5.41, 5.74) is 2.71. The highest BCUT2D eigenvalue weighted by Crippen LogP contribution is 2.37. The lowest BCUT2D eigenvalue weighted by molar-refractivity contribution is -0.123. The fourth-order valence-corrected chi connectivity index (χ4v) is 6.34. The Morgan fingerprint density at radius 3 is 2.70 bits per heavy atom. The van der Waals surface area contributed by atoms with Crippen LogP contribution < -0.4 is 15.0 Å². The number of aryl methyl sites for hydroxylation is 2. The number of hydrogen-bond acceptors (Lipinski definition) is 5. The number of hydrogen-bond donors (Lipinski definition) is 1. The van der Waals surface area contributed by atoms with E-state index in [0.29, 0.717) is 36.4 Å². The SMILES string of the molecule is CCN(C(=O)[C@@H]1CCCN1S(=O)(=O)c1cc2c(cc1C)NC(=O)[C@H](C)O2)c1cccc(C)c1. The molecule has 0 radical (unpaired) electrons. The Labute approximate surface area is 194 Å². The molecule has 2 aromatic rings. The highest BCUT2D eigenvalue weighted by Gasteiger charge is 2.42. The number of fused-ring (bicyclic) bond motifs is 1. The third-order valence-electron chi connectivity index (χ3n) is 6.18. The van der Waals surface area contributed by atoms with Gasteiger partial charge in [-0.25, -0.2) is 8.42 Å². The van der Waals surface area contributed by atoms with Crippen molar-refractivity contribution in [2.24, 2.45) is 0 Å². The van der Waals surface area contributed by atoms with Crippen molar-refractivity contribution in [1.29, 1.82) is 0 Å². The highest BCUT2D eigenvalue weighted by atomic mass is 32.2. The molecule has 33 heavy (non-hydrogen) atoms. The molecule has 2 aliphatic heterocycles. The first-order valence-corrected chi connectivity index (χ1v) is 12.6. The van der Waals surface area contributed by atoms with E-state index in [1.54, 1.807) is 24.8 Å². The largest absolute Gasteiger partial charge is 0.479 e. The maximum atomic E-state index is 13.7. The normalized spacial score (nSPS) is 20.7. The van der Waals surface area contributed by atoms with Gasteiger partial charge in [-0.2, -0.15) is 4.31 Å². The highest BCUT2D eigenvalue weighted by molar-refractivity contribution is 7.89. The molecule has 2 aliphatic rings. The molecule has 2 atom stereocenters. The summed E-state index contributed by atoms with van der Waals surface area (Å²) in [7, 11) is -3.97. The number of carbonyl (C=O) groups is 2. The van der Waals surface area contributed by atoms with Crippen LogP contribution in [-0.4, -0.2) is 49.8 Å². The molecule has 0 aliphatic carbocycles. The molecule has 1 N–H and O–H groups in total. The van der Waals surface area contributed by atoms with E-state index in [0.717, 1.165) is 11.3 Å². The maximum absolute atomic E-state index is 13.7. The van der Waals surface area contributed by atoms with E-state index in [1.165, 1.54) is 10.4 Å². The number of nitrogens with one attached hydrogen (secondary N) is 1. The van der Waals surface area contributed by atoms with E-state index in [-0.39, 0.29) is 23.3 Å². The number of amides is 2. The zero-order valence-electron chi connectivity index (χ0n) is 19.3. The molecular formula is C24H29N3O5S. The summed E-state index contributed by atoms with van der Waals surface area (Å²) in [5, 5.41) is 2.74. The van der Waals surface area contributed by atoms with Crippen molar-refractivity contribution < 1.29 is 22.7 Å². The monoisotopic (exact) mass is 471 g/mol. The van der Waals surface area contributed by atoms with Crippen LogP contribution in [0.4, 0.5) is 11.4 Å². The quantitative estimate of drug-likeness (QED) is 0.722. The molecule has 0 spiro atoms. The summed E-state index contributed by atoms with van der Waals surface area (Å²) in [6, 6.07) is 9.92. The van der Waals surface area contributed by atoms with E-state index in [4.69, 9.17) is 4.74 Å². The molecule has 0 bridgehead atoms. The van der Waals surface area contributed by atoms with Crippen LogP contribution in [0.5, 0.6) is 5.75 Å². The Hall–Kier alpha value is -2.91. The molecule has 0 unspecified atom stereocenters. The summed E-state index contributed by atoms with van der Waals surface area (Å²) in [6.07, 6.45) is 0.354. The lowest BCUT2D eigenvalue weighted by Crippen LogP contribution is -2.48. The summed E-state index contributed by atoms with van der Waals surface area (Å²) < 4.78 is 34.4. The van der Waals surface area contributed by atoms with Gasteiger partial charge in [0.1, 0.15) is 11.8 Å². The summed E-state index contributed by atoms with van der Waals surface area (Å²) in [5.74, 6) is -0.196. The third-order valence-corrected chi connectivity index (χ3v) is 8.23. The smallest absolute Gasteiger partial charge is 0.265 e. The Kier molecular flexibility index (Phi) is 6.20. The number of likely N-dealkylation sites (N-methyl/N-ethyl adjacent to an activating group) is 1. The Bertz CT molecular complexity index is 1210. The first-order chi connectivity index (χ1) is 15.6. The zero-order chi connectivity index (χ0) is 23.9. The standard InChI is InChI=1S/C24H29N3O5S/c1-5-26(18-9-6-8-15(2)12-18)24(29)20-10-7-11-27(20)33(30,31)22-14-21-19(13-16(22)3)25-23(28)17(4)32-21/h6,8-9,12-14,17,20H,5,7,10-11H2,1-4H3,(H,25,28)/t17-,20-/m0/s1. The minimum absolute atomic E-state index is 0.0860. The van der Waals surface area contributed by atoms with Crippen molar-refractivity contribution in [2.45, 2.75) is 57.6 Å². The molecule has 176 valence electrons. The Morgan fingerprint density at radius 1 is 1.24 bits per heavy atom. The van der Waals surface area contributed by atoms with Crippen LogP contribution in [0.2, 0.25) is 0 Å². The van der Waals surface area contributed by atoms with Gasteiger partial charge in [-0.3, -0.25) is 9.59 Å². The van der Waals surface area contributed by atoms with Crippen LogP contribution in [0.1, 0.15) is 37.8 Å². The van der Waals surface area contributed by atoms with Crippen LogP contribution in [0.3, 0.4) is 0 Å². The summed E-state index contributed by atoms with van der Waals surface area (Å²) >= 11 is 0. The predicted molar refractivity (Wildman–Crippen MR) is 126 cm³/mol. The van der Waals surface area contributed by atoms with Crippen LogP contribution in [-0.2, 0) is 19.6 Å². The average Bonchev–Trinajstić information content (AvgIpc) is 3.26. The van der Waals surface area contributed by atoms with Gasteiger partial charge >= 0.3 is 0 Å². The molecule has 1 fully saturated rings. The number of rotatable bonds is 5. The van der Waals surface area contributed by atoms with E-state index in [2.05, 4.69) is 5.32 Å². The van der Waals surface area contributed by atoms with Crippen molar-refractivity contribution >= 4 is 33.2 Å². The molecule has 2 amide bonds. The second kappa shape index (κ2) is 8.79. The summed E-state index contributed by atoms with van der Waals surface area (Å²) in [4.78, 5) is 27.2. The van der Waals surface area contributed by atoms with Gasteiger partial charge in [0, 0.05) is 24.8 Å². The number of anilines is 2. The van der Waals surface area contributed by atoms with Crippen LogP contribution in [0.15, 0.2) is 41.3 Å². The van der Waals surface area contributed by atoms with E-state index < -0.39 is 22.2 Å². The van der Waals surface area contributed by atoms with Gasteiger partial charge in [0.05, 0.1) is 10.6 Å². The fourth-order valence-electron chi connectivity index (χ4n) is 4.46. The van der Waals surface area contributed by atoms with Gasteiger partial charge in [-0.05, 0) is 69.9 Å². The average molecular weight is 472 g/mol. The third kappa shape index (κ3) is 4.22. The van der Waals surface area contributed by atoms with Crippen molar-refractivity contribution in [3.8, 4) is 5.75 Å². The molecule has 8 nitrogen and oxygen atoms in total. The first-order valence-electron chi connectivity index (χ1n) is 11.2. The zero-order valence-corrected chi connectivity index (χ0v) is 20.1. The predicted octanol–water partition coefficient (Wildman–Crippen LogP) is 3.23. The van der Waals surface area contributed by atoms with Crippen LogP contribution in [0.25, 0.3) is 0 Å². The number of benzene rings is 2. The van der Waals surface area contributed by atoms with Crippen molar-refractivity contribution in [3.63, 3.8) is 0 Å². The molecule has 2 heterocycles. The first kappa shape index (κ1) is 23.3. The second-order valence-corrected chi connectivity index (χ2v) is 10.4. The fraction of sp³-hybridized carbons (Fsp3) is 0.417. The van der Waals surface area contributed by atoms with E-state index in [9.17, 15) is 18.0 Å². The van der Waals surface area contributed by atoms with Crippen LogP contribution >= 0.6 is 0 Å². The van der Waals surface area contributed by atoms with Crippen molar-refractivity contribution in [3.05, 3.63) is 47.5 Å². The number of carbonyl (C=O) groups excluding carboxylic acids is 2. The van der Waals surface area contributed by atoms with E-state index in [1.807, 2.05) is 38.1 Å². The molecule has 1 saturated heterocycles. The molecule has 0 saturated carbocycles. The number of ether oxygens (including phenoxy) is 1. The van der Waals surface area contributed by atoms with Gasteiger partial charge in [-0.15, -0.1) is 0 Å². The van der Waals surface area contributed by atoms with Gasteiger partial charge in [0.15, 0.2) is 6.10 Å². The molecule has 0 aromatic heterocycles. The minimum atomic E-state index is -3.97. The van der Waals surface area contributed by atoms with Gasteiger partial charge < -0.3 is 15.0 Å². The minimum Gasteiger partial charge on any atom is -0.479 e. The van der Waals surface area contributed by atoms with Gasteiger partial charge in [-0.1, -0.05) is 12.1 Å². The van der Waals surface area contributed by atoms with E-state index >= 15 is 0 Å². The molecule has 9 heteroatoms. The van der Waals surface area contributed by atoms with Crippen molar-refractivity contribution in [2.75, 3.05) is 23.3 Å². The Balaban J connectivity index is 1.67. The van der Waals surface area contributed by atoms with Crippen LogP contribution in [0, 0.1) is 13.8 Å². The molecule has 2 aromatic carbocycles. The Morgan fingerprint density at radius 2 is 2.00 bits per heavy atom. The topological polar surface area (TPSA) is 96.0 Å². The lowest BCUT2D eigenvalue weighted by Gasteiger charge is -2.30. The number of nitrogens with zero attached hydrogens (tertiary/aromatic N) is 2. The molecule has 4 rings (SSSR count). The lowest BCUT2D eigenvalue weighted by atomic mass is 10.1.